The largest absolute Gasteiger partial charge is 0.345 e. The number of aldehydes is 2. The molecule has 1 rings (SSSR count). The summed E-state index contributed by atoms with van der Waals surface area (Å²) in [5.41, 5.74) is 1.37. The Hall–Kier alpha value is -2.41. The minimum absolute atomic E-state index is 0.158. The van der Waals surface area contributed by atoms with E-state index in [-0.39, 0.29) is 12.5 Å². The summed E-state index contributed by atoms with van der Waals surface area (Å²) in [6, 6.07) is 4.65. The van der Waals surface area contributed by atoms with E-state index in [0.29, 0.717) is 29.3 Å². The van der Waals surface area contributed by atoms with E-state index < -0.39 is 0 Å². The van der Waals surface area contributed by atoms with Gasteiger partial charge in [-0.2, -0.15) is 0 Å². The van der Waals surface area contributed by atoms with Crippen LogP contribution in [0.3, 0.4) is 0 Å². The van der Waals surface area contributed by atoms with Crippen LogP contribution in [0.2, 0.25) is 0 Å². The highest BCUT2D eigenvalue weighted by molar-refractivity contribution is 5.83. The van der Waals surface area contributed by atoms with E-state index >= 15 is 0 Å². The minimum Gasteiger partial charge on any atom is -0.345 e. The zero-order chi connectivity index (χ0) is 12.7. The Bertz CT molecular complexity index is 483. The van der Waals surface area contributed by atoms with Gasteiger partial charge in [-0.15, -0.1) is 0 Å². The molecule has 0 aliphatic heterocycles. The van der Waals surface area contributed by atoms with Gasteiger partial charge in [0.25, 0.3) is 0 Å². The van der Waals surface area contributed by atoms with Crippen molar-refractivity contribution in [2.75, 3.05) is 6.54 Å². The molecule has 1 amide bonds. The molecule has 0 bridgehead atoms. The number of carbonyl (C=O) groups excluding carboxylic acids is 3. The lowest BCUT2D eigenvalue weighted by Gasteiger charge is -1.96. The first-order valence-electron chi connectivity index (χ1n) is 4.94. The van der Waals surface area contributed by atoms with Crippen molar-refractivity contribution in [3.8, 4) is 11.8 Å². The van der Waals surface area contributed by atoms with Gasteiger partial charge in [0.2, 0.25) is 5.91 Å². The van der Waals surface area contributed by atoms with Gasteiger partial charge < -0.3 is 5.32 Å². The fraction of sp³-hybridized carbons (Fsp3) is 0.154. The van der Waals surface area contributed by atoms with Crippen LogP contribution in [0.25, 0.3) is 0 Å². The molecule has 0 heterocycles. The van der Waals surface area contributed by atoms with Crippen molar-refractivity contribution in [1.82, 2.24) is 5.32 Å². The first-order valence-corrected chi connectivity index (χ1v) is 4.94. The molecule has 1 aromatic carbocycles. The summed E-state index contributed by atoms with van der Waals surface area (Å²) in [6.07, 6.45) is 1.32. The van der Waals surface area contributed by atoms with Crippen LogP contribution in [-0.4, -0.2) is 25.0 Å². The number of nitrogens with one attached hydrogen (secondary N) is 1. The van der Waals surface area contributed by atoms with Crippen LogP contribution in [0, 0.1) is 11.8 Å². The maximum absolute atomic E-state index is 10.6. The lowest BCUT2D eigenvalue weighted by atomic mass is 10.1. The van der Waals surface area contributed by atoms with E-state index in [1.807, 2.05) is 0 Å². The second-order valence-corrected chi connectivity index (χ2v) is 3.34. The molecule has 0 unspecified atom stereocenters. The van der Waals surface area contributed by atoms with Crippen LogP contribution < -0.4 is 5.32 Å². The van der Waals surface area contributed by atoms with Gasteiger partial charge in [0, 0.05) is 23.6 Å². The average molecular weight is 229 g/mol. The van der Waals surface area contributed by atoms with Crippen LogP contribution in [-0.2, 0) is 4.79 Å². The maximum atomic E-state index is 10.6. The zero-order valence-electron chi connectivity index (χ0n) is 9.32. The third kappa shape index (κ3) is 4.31. The highest BCUT2D eigenvalue weighted by Gasteiger charge is 1.97. The number of hydrogen-bond acceptors (Lipinski definition) is 3. The first kappa shape index (κ1) is 12.7. The summed E-state index contributed by atoms with van der Waals surface area (Å²) in [4.78, 5) is 31.8. The molecule has 0 spiro atoms. The lowest BCUT2D eigenvalue weighted by molar-refractivity contribution is -0.118. The van der Waals surface area contributed by atoms with E-state index in [0.717, 1.165) is 0 Å². The number of rotatable bonds is 3. The molecule has 0 fully saturated rings. The van der Waals surface area contributed by atoms with Gasteiger partial charge >= 0.3 is 0 Å². The summed E-state index contributed by atoms with van der Waals surface area (Å²) >= 11 is 0. The number of hydrogen-bond donors (Lipinski definition) is 1. The highest BCUT2D eigenvalue weighted by atomic mass is 16.1. The topological polar surface area (TPSA) is 63.2 Å². The normalized spacial score (nSPS) is 8.76. The maximum Gasteiger partial charge on any atom is 0.217 e. The zero-order valence-corrected chi connectivity index (χ0v) is 9.32. The fourth-order valence-corrected chi connectivity index (χ4v) is 1.20. The Balaban J connectivity index is 2.86. The molecule has 4 heteroatoms. The lowest BCUT2D eigenvalue weighted by Crippen LogP contribution is -2.19. The second kappa shape index (κ2) is 6.23. The molecule has 1 N–H and O–H groups in total. The molecule has 1 aromatic rings. The number of amides is 1. The molecule has 86 valence electrons. The Kier molecular flexibility index (Phi) is 4.64. The molecule has 4 nitrogen and oxygen atoms in total. The Labute approximate surface area is 99.0 Å². The second-order valence-electron chi connectivity index (χ2n) is 3.34. The molecule has 0 atom stereocenters. The van der Waals surface area contributed by atoms with Gasteiger partial charge in [0.15, 0.2) is 0 Å². The van der Waals surface area contributed by atoms with E-state index in [4.69, 9.17) is 0 Å². The molecular weight excluding hydrogens is 218 g/mol. The summed E-state index contributed by atoms with van der Waals surface area (Å²) < 4.78 is 0. The third-order valence-electron chi connectivity index (χ3n) is 1.91. The van der Waals surface area contributed by atoms with Crippen LogP contribution >= 0.6 is 0 Å². The van der Waals surface area contributed by atoms with Gasteiger partial charge in [-0.25, -0.2) is 0 Å². The molecule has 0 radical (unpaired) electrons. The van der Waals surface area contributed by atoms with Crippen molar-refractivity contribution in [1.29, 1.82) is 0 Å². The van der Waals surface area contributed by atoms with Crippen molar-refractivity contribution in [2.24, 2.45) is 0 Å². The standard InChI is InChI=1S/C13H11NO3/c1-10(17)14-4-2-3-11-5-12(8-15)7-13(6-11)9-16/h5-9H,4H2,1H3,(H,14,17). The van der Waals surface area contributed by atoms with Crippen molar-refractivity contribution in [3.63, 3.8) is 0 Å². The number of carbonyl (C=O) groups is 3. The molecule has 0 aromatic heterocycles. The van der Waals surface area contributed by atoms with Crippen LogP contribution in [0.15, 0.2) is 18.2 Å². The SMILES string of the molecule is CC(=O)NCC#Cc1cc(C=O)cc(C=O)c1. The van der Waals surface area contributed by atoms with E-state index in [2.05, 4.69) is 17.2 Å². The molecule has 0 aliphatic carbocycles. The molecule has 0 aliphatic rings. The molecule has 0 saturated heterocycles. The molecule has 0 saturated carbocycles. The van der Waals surface area contributed by atoms with Gasteiger partial charge in [-0.3, -0.25) is 14.4 Å². The monoisotopic (exact) mass is 229 g/mol. The van der Waals surface area contributed by atoms with Crippen LogP contribution in [0.4, 0.5) is 0 Å². The van der Waals surface area contributed by atoms with Crippen molar-refractivity contribution in [3.05, 3.63) is 34.9 Å². The Morgan fingerprint density at radius 1 is 1.24 bits per heavy atom. The summed E-state index contributed by atoms with van der Waals surface area (Å²) in [5, 5.41) is 2.52. The van der Waals surface area contributed by atoms with Crippen molar-refractivity contribution in [2.45, 2.75) is 6.92 Å². The molecule has 17 heavy (non-hydrogen) atoms. The smallest absolute Gasteiger partial charge is 0.217 e. The average Bonchev–Trinajstić information content (AvgIpc) is 2.34. The quantitative estimate of drug-likeness (QED) is 0.616. The van der Waals surface area contributed by atoms with Gasteiger partial charge in [-0.05, 0) is 18.2 Å². The summed E-state index contributed by atoms with van der Waals surface area (Å²) in [6.45, 7) is 1.64. The van der Waals surface area contributed by atoms with Crippen molar-refractivity contribution >= 4 is 18.5 Å². The first-order chi connectivity index (χ1) is 8.15. The molecular formula is C13H11NO3. The van der Waals surface area contributed by atoms with Gasteiger partial charge in [0.1, 0.15) is 12.6 Å². The predicted octanol–water partition coefficient (Wildman–Crippen LogP) is 0.799. The summed E-state index contributed by atoms with van der Waals surface area (Å²) in [5.74, 6) is 5.33. The van der Waals surface area contributed by atoms with E-state index in [9.17, 15) is 14.4 Å². The van der Waals surface area contributed by atoms with Crippen LogP contribution in [0.5, 0.6) is 0 Å². The highest BCUT2D eigenvalue weighted by Crippen LogP contribution is 2.06. The Morgan fingerprint density at radius 3 is 2.29 bits per heavy atom. The predicted molar refractivity (Wildman–Crippen MR) is 62.8 cm³/mol. The fourth-order valence-electron chi connectivity index (χ4n) is 1.20. The van der Waals surface area contributed by atoms with E-state index in [1.165, 1.54) is 13.0 Å². The number of benzene rings is 1. The van der Waals surface area contributed by atoms with Crippen molar-refractivity contribution < 1.29 is 14.4 Å². The van der Waals surface area contributed by atoms with Gasteiger partial charge in [-0.1, -0.05) is 11.8 Å². The summed E-state index contributed by atoms with van der Waals surface area (Å²) in [7, 11) is 0. The Morgan fingerprint density at radius 2 is 1.82 bits per heavy atom. The minimum atomic E-state index is -0.158. The van der Waals surface area contributed by atoms with Crippen LogP contribution in [0.1, 0.15) is 33.2 Å². The van der Waals surface area contributed by atoms with Gasteiger partial charge in [0.05, 0.1) is 6.54 Å². The van der Waals surface area contributed by atoms with E-state index in [1.54, 1.807) is 12.1 Å². The third-order valence-corrected chi connectivity index (χ3v) is 1.91.